The van der Waals surface area contributed by atoms with Gasteiger partial charge in [0.15, 0.2) is 0 Å². The van der Waals surface area contributed by atoms with Gasteiger partial charge in [0.05, 0.1) is 20.5 Å². The quantitative estimate of drug-likeness (QED) is 0.744. The van der Waals surface area contributed by atoms with Gasteiger partial charge in [-0.2, -0.15) is 0 Å². The topological polar surface area (TPSA) is 54.5 Å². The Balaban J connectivity index is 2.39. The van der Waals surface area contributed by atoms with E-state index in [0.717, 1.165) is 18.9 Å². The van der Waals surface area contributed by atoms with E-state index in [0.29, 0.717) is 19.0 Å². The van der Waals surface area contributed by atoms with Gasteiger partial charge >= 0.3 is 0 Å². The van der Waals surface area contributed by atoms with Crippen LogP contribution < -0.4 is 0 Å². The molecule has 0 spiro atoms. The van der Waals surface area contributed by atoms with Crippen molar-refractivity contribution in [2.45, 2.75) is 24.7 Å². The Morgan fingerprint density at radius 2 is 1.81 bits per heavy atom. The fraction of sp³-hybridized carbons (Fsp3) is 0.462. The summed E-state index contributed by atoms with van der Waals surface area (Å²) in [5.41, 5.74) is 0.0675. The lowest BCUT2D eigenvalue weighted by Crippen LogP contribution is -2.38. The highest BCUT2D eigenvalue weighted by Gasteiger charge is 2.26. The van der Waals surface area contributed by atoms with Gasteiger partial charge in [0, 0.05) is 23.8 Å². The number of halogens is 3. The normalized spacial score (nSPS) is 17.0. The summed E-state index contributed by atoms with van der Waals surface area (Å²) < 4.78 is 22.9. The number of hydrogen-bond acceptors (Lipinski definition) is 3. The minimum Gasteiger partial charge on any atom is -0.339 e. The van der Waals surface area contributed by atoms with Crippen LogP contribution in [0.4, 0.5) is 0 Å². The molecule has 4 nitrogen and oxygen atoms in total. The van der Waals surface area contributed by atoms with Crippen LogP contribution in [0.15, 0.2) is 17.0 Å². The van der Waals surface area contributed by atoms with E-state index in [-0.39, 0.29) is 26.4 Å². The van der Waals surface area contributed by atoms with E-state index in [4.69, 9.17) is 33.9 Å². The van der Waals surface area contributed by atoms with Crippen LogP contribution in [0, 0.1) is 5.92 Å². The summed E-state index contributed by atoms with van der Waals surface area (Å²) in [5, 5.41) is 0.0384. The number of carbonyl (C=O) groups is 1. The molecule has 1 aliphatic heterocycles. The highest BCUT2D eigenvalue weighted by molar-refractivity contribution is 8.13. The minimum absolute atomic E-state index is 0.00730. The van der Waals surface area contributed by atoms with E-state index in [1.165, 1.54) is 6.07 Å². The van der Waals surface area contributed by atoms with Crippen molar-refractivity contribution in [3.63, 3.8) is 0 Å². The Kier molecular flexibility index (Phi) is 5.08. The van der Waals surface area contributed by atoms with E-state index < -0.39 is 9.05 Å². The Labute approximate surface area is 138 Å². The largest absolute Gasteiger partial charge is 0.339 e. The van der Waals surface area contributed by atoms with Gasteiger partial charge in [-0.1, -0.05) is 30.1 Å². The van der Waals surface area contributed by atoms with Gasteiger partial charge in [-0.3, -0.25) is 4.79 Å². The van der Waals surface area contributed by atoms with Crippen LogP contribution in [-0.2, 0) is 9.05 Å². The van der Waals surface area contributed by atoms with Gasteiger partial charge in [0.25, 0.3) is 15.0 Å². The molecule has 1 aliphatic rings. The van der Waals surface area contributed by atoms with E-state index in [1.54, 1.807) is 4.90 Å². The Morgan fingerprint density at radius 1 is 1.24 bits per heavy atom. The first kappa shape index (κ1) is 16.9. The number of amides is 1. The van der Waals surface area contributed by atoms with Crippen molar-refractivity contribution >= 4 is 48.8 Å². The van der Waals surface area contributed by atoms with E-state index in [1.807, 2.05) is 0 Å². The zero-order valence-corrected chi connectivity index (χ0v) is 14.4. The molecule has 1 heterocycles. The highest BCUT2D eigenvalue weighted by Crippen LogP contribution is 2.32. The lowest BCUT2D eigenvalue weighted by molar-refractivity contribution is 0.0697. The van der Waals surface area contributed by atoms with Gasteiger partial charge < -0.3 is 4.90 Å². The molecular formula is C13H14Cl3NO3S. The summed E-state index contributed by atoms with van der Waals surface area (Å²) in [5.74, 6) is 0.249. The Hall–Kier alpha value is -0.490. The second-order valence-electron chi connectivity index (χ2n) is 5.18. The summed E-state index contributed by atoms with van der Waals surface area (Å²) in [6, 6.07) is 2.32. The van der Waals surface area contributed by atoms with Crippen LogP contribution in [0.25, 0.3) is 0 Å². The first-order valence-electron chi connectivity index (χ1n) is 6.43. The van der Waals surface area contributed by atoms with Crippen molar-refractivity contribution in [3.05, 3.63) is 27.7 Å². The fourth-order valence-corrected chi connectivity index (χ4v) is 3.50. The molecule has 1 aromatic rings. The Bertz CT molecular complexity index is 667. The smallest absolute Gasteiger partial charge is 0.261 e. The molecule has 0 atom stereocenters. The third kappa shape index (κ3) is 3.83. The molecule has 1 aromatic carbocycles. The molecular weight excluding hydrogens is 357 g/mol. The third-order valence-electron chi connectivity index (χ3n) is 3.58. The van der Waals surface area contributed by atoms with E-state index >= 15 is 0 Å². The number of likely N-dealkylation sites (tertiary alicyclic amines) is 1. The first-order chi connectivity index (χ1) is 9.70. The van der Waals surface area contributed by atoms with Gasteiger partial charge in [-0.15, -0.1) is 0 Å². The minimum atomic E-state index is -3.98. The summed E-state index contributed by atoms with van der Waals surface area (Å²) in [4.78, 5) is 13.9. The van der Waals surface area contributed by atoms with Crippen molar-refractivity contribution in [1.29, 1.82) is 0 Å². The molecule has 0 bridgehead atoms. The zero-order valence-electron chi connectivity index (χ0n) is 11.3. The third-order valence-corrected chi connectivity index (χ3v) is 5.72. The SMILES string of the molecule is CC1CCN(C(=O)c2cc(S(=O)(=O)Cl)cc(Cl)c2Cl)CC1. The molecule has 116 valence electrons. The molecule has 1 saturated heterocycles. The van der Waals surface area contributed by atoms with Crippen molar-refractivity contribution < 1.29 is 13.2 Å². The number of benzene rings is 1. The standard InChI is InChI=1S/C13H14Cl3NO3S/c1-8-2-4-17(5-3-8)13(18)10-6-9(21(16,19)20)7-11(14)12(10)15/h6-8H,2-5H2,1H3. The molecule has 1 fully saturated rings. The predicted molar refractivity (Wildman–Crippen MR) is 83.8 cm³/mol. The molecule has 21 heavy (non-hydrogen) atoms. The maximum atomic E-state index is 12.5. The number of hydrogen-bond donors (Lipinski definition) is 0. The average molecular weight is 371 g/mol. The van der Waals surface area contributed by atoms with Crippen LogP contribution >= 0.6 is 33.9 Å². The molecule has 1 amide bonds. The van der Waals surface area contributed by atoms with Crippen molar-refractivity contribution in [2.24, 2.45) is 5.92 Å². The summed E-state index contributed by atoms with van der Waals surface area (Å²) >= 11 is 11.9. The molecule has 0 N–H and O–H groups in total. The monoisotopic (exact) mass is 369 g/mol. The maximum Gasteiger partial charge on any atom is 0.261 e. The first-order valence-corrected chi connectivity index (χ1v) is 9.49. The predicted octanol–water partition coefficient (Wildman–Crippen LogP) is 3.79. The van der Waals surface area contributed by atoms with Crippen molar-refractivity contribution in [2.75, 3.05) is 13.1 Å². The molecule has 8 heteroatoms. The summed E-state index contributed by atoms with van der Waals surface area (Å²) in [7, 11) is 1.33. The van der Waals surface area contributed by atoms with Gasteiger partial charge in [-0.05, 0) is 30.9 Å². The number of nitrogens with zero attached hydrogens (tertiary/aromatic N) is 1. The molecule has 2 rings (SSSR count). The lowest BCUT2D eigenvalue weighted by atomic mass is 9.98. The second-order valence-corrected chi connectivity index (χ2v) is 8.53. The van der Waals surface area contributed by atoms with E-state index in [2.05, 4.69) is 6.92 Å². The van der Waals surface area contributed by atoms with Crippen LogP contribution in [-0.4, -0.2) is 32.3 Å². The molecule has 0 radical (unpaired) electrons. The lowest BCUT2D eigenvalue weighted by Gasteiger charge is -2.30. The zero-order chi connectivity index (χ0) is 15.8. The van der Waals surface area contributed by atoms with Gasteiger partial charge in [-0.25, -0.2) is 8.42 Å². The van der Waals surface area contributed by atoms with Crippen LogP contribution in [0.2, 0.25) is 10.0 Å². The maximum absolute atomic E-state index is 12.5. The Morgan fingerprint density at radius 3 is 2.33 bits per heavy atom. The van der Waals surface area contributed by atoms with Crippen molar-refractivity contribution in [1.82, 2.24) is 4.90 Å². The molecule has 0 aliphatic carbocycles. The van der Waals surface area contributed by atoms with Crippen LogP contribution in [0.3, 0.4) is 0 Å². The average Bonchev–Trinajstić information content (AvgIpc) is 2.40. The number of carbonyl (C=O) groups excluding carboxylic acids is 1. The van der Waals surface area contributed by atoms with Gasteiger partial charge in [0.2, 0.25) is 0 Å². The number of rotatable bonds is 2. The summed E-state index contributed by atoms with van der Waals surface area (Å²) in [6.07, 6.45) is 1.81. The van der Waals surface area contributed by atoms with Crippen molar-refractivity contribution in [3.8, 4) is 0 Å². The second kappa shape index (κ2) is 6.32. The van der Waals surface area contributed by atoms with Crippen LogP contribution in [0.5, 0.6) is 0 Å². The molecule has 0 saturated carbocycles. The highest BCUT2D eigenvalue weighted by atomic mass is 35.7. The van der Waals surface area contributed by atoms with E-state index in [9.17, 15) is 13.2 Å². The molecule has 0 aromatic heterocycles. The van der Waals surface area contributed by atoms with Crippen LogP contribution in [0.1, 0.15) is 30.1 Å². The number of piperidine rings is 1. The fourth-order valence-electron chi connectivity index (χ4n) is 2.24. The molecule has 0 unspecified atom stereocenters. The summed E-state index contributed by atoms with van der Waals surface area (Å²) in [6.45, 7) is 3.37. The van der Waals surface area contributed by atoms with Gasteiger partial charge in [0.1, 0.15) is 0 Å².